The number of benzene rings is 3. The van der Waals surface area contributed by atoms with Gasteiger partial charge in [-0.05, 0) is 26.0 Å². The summed E-state index contributed by atoms with van der Waals surface area (Å²) in [5.74, 6) is -0.234. The normalized spacial score (nSPS) is 10.9. The number of Topliss-reactive ketones (excluding diaryl/α,β-unsaturated/α-hetero) is 1. The minimum atomic E-state index is -0.346. The third-order valence-electron chi connectivity index (χ3n) is 4.99. The van der Waals surface area contributed by atoms with E-state index < -0.39 is 0 Å². The van der Waals surface area contributed by atoms with Gasteiger partial charge in [0.2, 0.25) is 0 Å². The molecule has 0 saturated heterocycles. The maximum Gasteiger partial charge on any atom is 0.291 e. The molecule has 0 amide bonds. The van der Waals surface area contributed by atoms with Crippen LogP contribution in [0.3, 0.4) is 0 Å². The van der Waals surface area contributed by atoms with E-state index in [-0.39, 0.29) is 22.6 Å². The van der Waals surface area contributed by atoms with Gasteiger partial charge in [0.05, 0.1) is 5.56 Å². The van der Waals surface area contributed by atoms with Gasteiger partial charge < -0.3 is 5.32 Å². The van der Waals surface area contributed by atoms with Crippen LogP contribution in [-0.2, 0) is 6.54 Å². The van der Waals surface area contributed by atoms with E-state index in [4.69, 9.17) is 11.6 Å². The van der Waals surface area contributed by atoms with E-state index in [1.807, 2.05) is 67.6 Å². The fraction of sp³-hybridized carbons (Fsp3) is 0.125. The van der Waals surface area contributed by atoms with E-state index in [0.29, 0.717) is 22.9 Å². The monoisotopic (exact) mass is 417 g/mol. The number of aromatic nitrogens is 2. The van der Waals surface area contributed by atoms with Gasteiger partial charge in [-0.25, -0.2) is 4.68 Å². The minimum Gasteiger partial charge on any atom is -0.350 e. The molecule has 6 heteroatoms. The molecule has 3 aromatic carbocycles. The number of carbonyl (C=O) groups excluding carboxylic acids is 1. The Morgan fingerprint density at radius 3 is 2.33 bits per heavy atom. The lowest BCUT2D eigenvalue weighted by Crippen LogP contribution is -2.28. The van der Waals surface area contributed by atoms with Crippen molar-refractivity contribution in [3.63, 3.8) is 0 Å². The van der Waals surface area contributed by atoms with Crippen LogP contribution in [0.4, 0.5) is 11.4 Å². The molecular formula is C24H20ClN3O2. The van der Waals surface area contributed by atoms with E-state index in [1.54, 1.807) is 6.07 Å². The fourth-order valence-electron chi connectivity index (χ4n) is 3.55. The van der Waals surface area contributed by atoms with E-state index in [0.717, 1.165) is 16.3 Å². The van der Waals surface area contributed by atoms with Crippen LogP contribution in [0.15, 0.2) is 71.5 Å². The Hall–Kier alpha value is -3.44. The first-order valence-electron chi connectivity index (χ1n) is 9.67. The summed E-state index contributed by atoms with van der Waals surface area (Å²) in [4.78, 5) is 25.8. The zero-order valence-corrected chi connectivity index (χ0v) is 17.4. The molecule has 30 heavy (non-hydrogen) atoms. The van der Waals surface area contributed by atoms with Crippen LogP contribution in [0.25, 0.3) is 22.0 Å². The zero-order valence-electron chi connectivity index (χ0n) is 16.6. The number of ketones is 1. The zero-order chi connectivity index (χ0) is 21.3. The van der Waals surface area contributed by atoms with E-state index >= 15 is 0 Å². The van der Waals surface area contributed by atoms with E-state index in [9.17, 15) is 9.59 Å². The quantitative estimate of drug-likeness (QED) is 0.424. The van der Waals surface area contributed by atoms with Crippen molar-refractivity contribution >= 4 is 39.5 Å². The first-order chi connectivity index (χ1) is 14.5. The van der Waals surface area contributed by atoms with Crippen molar-refractivity contribution in [1.82, 2.24) is 9.78 Å². The van der Waals surface area contributed by atoms with Crippen molar-refractivity contribution in [2.75, 3.05) is 5.32 Å². The van der Waals surface area contributed by atoms with Gasteiger partial charge in [-0.15, -0.1) is 0 Å². The van der Waals surface area contributed by atoms with Crippen LogP contribution in [0.1, 0.15) is 24.2 Å². The van der Waals surface area contributed by atoms with Gasteiger partial charge >= 0.3 is 0 Å². The van der Waals surface area contributed by atoms with Gasteiger partial charge in [-0.2, -0.15) is 5.10 Å². The van der Waals surface area contributed by atoms with Crippen molar-refractivity contribution in [3.05, 3.63) is 87.7 Å². The van der Waals surface area contributed by atoms with Gasteiger partial charge in [0.15, 0.2) is 5.78 Å². The van der Waals surface area contributed by atoms with Crippen LogP contribution in [-0.4, -0.2) is 15.6 Å². The van der Waals surface area contributed by atoms with Crippen molar-refractivity contribution in [2.45, 2.75) is 20.4 Å². The molecule has 0 bridgehead atoms. The Kier molecular flexibility index (Phi) is 5.38. The predicted octanol–water partition coefficient (Wildman–Crippen LogP) is 5.68. The second-order valence-electron chi connectivity index (χ2n) is 6.91. The average Bonchev–Trinajstić information content (AvgIpc) is 2.77. The summed E-state index contributed by atoms with van der Waals surface area (Å²) in [5, 5.41) is 10.1. The molecule has 0 aliphatic heterocycles. The van der Waals surface area contributed by atoms with Crippen LogP contribution < -0.4 is 10.9 Å². The number of hydrogen-bond acceptors (Lipinski definition) is 4. The van der Waals surface area contributed by atoms with Crippen molar-refractivity contribution < 1.29 is 4.79 Å². The Balaban J connectivity index is 2.00. The number of hydrogen-bond donors (Lipinski definition) is 1. The van der Waals surface area contributed by atoms with E-state index in [1.165, 1.54) is 11.6 Å². The maximum absolute atomic E-state index is 13.2. The lowest BCUT2D eigenvalue weighted by molar-refractivity contribution is 0.101. The molecule has 1 heterocycles. The highest BCUT2D eigenvalue weighted by Crippen LogP contribution is 2.33. The number of rotatable bonds is 5. The number of carbonyl (C=O) groups is 1. The molecule has 0 fully saturated rings. The second kappa shape index (κ2) is 8.13. The molecule has 0 aliphatic rings. The Labute approximate surface area is 178 Å². The molecule has 0 atom stereocenters. The van der Waals surface area contributed by atoms with Gasteiger partial charge in [0.1, 0.15) is 11.4 Å². The Bertz CT molecular complexity index is 1310. The summed E-state index contributed by atoms with van der Waals surface area (Å²) in [6, 6.07) is 20.6. The smallest absolute Gasteiger partial charge is 0.291 e. The summed E-state index contributed by atoms with van der Waals surface area (Å²) in [7, 11) is 0. The maximum atomic E-state index is 13.2. The Morgan fingerprint density at radius 1 is 1.00 bits per heavy atom. The lowest BCUT2D eigenvalue weighted by atomic mass is 10.0. The van der Waals surface area contributed by atoms with Crippen LogP contribution in [0, 0.1) is 0 Å². The number of aryl methyl sites for hydroxylation is 1. The van der Waals surface area contributed by atoms with Gasteiger partial charge in [-0.3, -0.25) is 9.59 Å². The SMILES string of the molecule is CCn1nc(-c2ccccc2)c(C(C)=O)c(Nc2ccc(Cl)c3ccccc23)c1=O. The highest BCUT2D eigenvalue weighted by atomic mass is 35.5. The van der Waals surface area contributed by atoms with Crippen molar-refractivity contribution in [1.29, 1.82) is 0 Å². The van der Waals surface area contributed by atoms with E-state index in [2.05, 4.69) is 10.4 Å². The third-order valence-corrected chi connectivity index (χ3v) is 5.31. The van der Waals surface area contributed by atoms with Crippen LogP contribution in [0.5, 0.6) is 0 Å². The number of nitrogens with one attached hydrogen (secondary N) is 1. The number of nitrogens with zero attached hydrogens (tertiary/aromatic N) is 2. The topological polar surface area (TPSA) is 64.0 Å². The molecule has 0 unspecified atom stereocenters. The summed E-state index contributed by atoms with van der Waals surface area (Å²) in [6.45, 7) is 3.68. The number of fused-ring (bicyclic) bond motifs is 1. The molecule has 0 spiro atoms. The summed E-state index contributed by atoms with van der Waals surface area (Å²) in [6.07, 6.45) is 0. The van der Waals surface area contributed by atoms with Crippen LogP contribution in [0.2, 0.25) is 5.02 Å². The van der Waals surface area contributed by atoms with Crippen molar-refractivity contribution in [2.24, 2.45) is 0 Å². The average molecular weight is 418 g/mol. The third kappa shape index (κ3) is 3.48. The standard InChI is InChI=1S/C24H20ClN3O2/c1-3-28-24(30)23(21(15(2)29)22(27-28)16-9-5-4-6-10-16)26-20-14-13-19(25)17-11-7-8-12-18(17)20/h4-14,26H,3H2,1-2H3. The summed E-state index contributed by atoms with van der Waals surface area (Å²) >= 11 is 6.34. The molecule has 150 valence electrons. The first kappa shape index (κ1) is 19.9. The molecule has 0 aliphatic carbocycles. The fourth-order valence-corrected chi connectivity index (χ4v) is 3.78. The highest BCUT2D eigenvalue weighted by molar-refractivity contribution is 6.36. The Morgan fingerprint density at radius 2 is 1.67 bits per heavy atom. The van der Waals surface area contributed by atoms with Gasteiger partial charge in [0, 0.05) is 33.6 Å². The molecule has 4 aromatic rings. The summed E-state index contributed by atoms with van der Waals surface area (Å²) < 4.78 is 1.37. The van der Waals surface area contributed by atoms with Gasteiger partial charge in [-0.1, -0.05) is 66.2 Å². The predicted molar refractivity (Wildman–Crippen MR) is 122 cm³/mol. The largest absolute Gasteiger partial charge is 0.350 e. The van der Waals surface area contributed by atoms with Crippen molar-refractivity contribution in [3.8, 4) is 11.3 Å². The molecular weight excluding hydrogens is 398 g/mol. The molecule has 0 saturated carbocycles. The first-order valence-corrected chi connectivity index (χ1v) is 10.0. The minimum absolute atomic E-state index is 0.214. The number of halogens is 1. The highest BCUT2D eigenvalue weighted by Gasteiger charge is 2.22. The second-order valence-corrected chi connectivity index (χ2v) is 7.31. The summed E-state index contributed by atoms with van der Waals surface area (Å²) in [5.41, 5.74) is 2.09. The molecule has 4 rings (SSSR count). The van der Waals surface area contributed by atoms with Crippen LogP contribution >= 0.6 is 11.6 Å². The number of anilines is 2. The molecule has 1 N–H and O–H groups in total. The molecule has 1 aromatic heterocycles. The molecule has 5 nitrogen and oxygen atoms in total. The lowest BCUT2D eigenvalue weighted by Gasteiger charge is -2.17. The molecule has 0 radical (unpaired) electrons. The van der Waals surface area contributed by atoms with Gasteiger partial charge in [0.25, 0.3) is 5.56 Å².